The van der Waals surface area contributed by atoms with Gasteiger partial charge in [-0.05, 0) is 55.3 Å². The van der Waals surface area contributed by atoms with Gasteiger partial charge in [0.1, 0.15) is 11.4 Å². The predicted octanol–water partition coefficient (Wildman–Crippen LogP) is 5.43. The van der Waals surface area contributed by atoms with Gasteiger partial charge in [-0.15, -0.1) is 0 Å². The largest absolute Gasteiger partial charge is 0.493 e. The molecule has 1 aliphatic heterocycles. The van der Waals surface area contributed by atoms with Gasteiger partial charge in [0.05, 0.1) is 30.7 Å². The molecule has 0 aliphatic carbocycles. The second-order valence-corrected chi connectivity index (χ2v) is 8.50. The Morgan fingerprint density at radius 2 is 1.86 bits per heavy atom. The van der Waals surface area contributed by atoms with Crippen molar-refractivity contribution in [2.45, 2.75) is 32.7 Å². The van der Waals surface area contributed by atoms with Crippen molar-refractivity contribution in [3.05, 3.63) is 93.5 Å². The van der Waals surface area contributed by atoms with Gasteiger partial charge in [0, 0.05) is 5.69 Å². The highest BCUT2D eigenvalue weighted by Crippen LogP contribution is 2.42. The van der Waals surface area contributed by atoms with E-state index >= 15 is 0 Å². The molecule has 7 heteroatoms. The molecule has 2 aromatic carbocycles. The number of nitrogens with zero attached hydrogens (tertiary/aromatic N) is 2. The molecule has 1 amide bonds. The molecule has 7 nitrogen and oxygen atoms in total. The van der Waals surface area contributed by atoms with Crippen LogP contribution in [0, 0.1) is 6.92 Å². The first-order valence-electron chi connectivity index (χ1n) is 11.7. The van der Waals surface area contributed by atoms with Gasteiger partial charge in [-0.3, -0.25) is 14.5 Å². The number of carbonyl (C=O) groups excluding carboxylic acids is 1. The number of para-hydroxylation sites is 1. The normalized spacial score (nSPS) is 14.9. The summed E-state index contributed by atoms with van der Waals surface area (Å²) >= 11 is 0. The Hall–Kier alpha value is -4.13. The summed E-state index contributed by atoms with van der Waals surface area (Å²) in [6, 6.07) is 17.2. The fraction of sp³-hybridized carbons (Fsp3) is 0.250. The molecule has 1 unspecified atom stereocenters. The van der Waals surface area contributed by atoms with Gasteiger partial charge in [0.25, 0.3) is 5.91 Å². The number of unbranched alkanes of at least 4 members (excludes halogenated alkanes) is 1. The maximum atomic E-state index is 13.7. The average molecular weight is 471 g/mol. The van der Waals surface area contributed by atoms with Crippen LogP contribution < -0.4 is 19.8 Å². The van der Waals surface area contributed by atoms with E-state index in [1.54, 1.807) is 37.4 Å². The van der Waals surface area contributed by atoms with E-state index in [-0.39, 0.29) is 11.2 Å². The molecule has 0 saturated carbocycles. The summed E-state index contributed by atoms with van der Waals surface area (Å²) < 4.78 is 17.5. The topological polar surface area (TPSA) is 81.9 Å². The van der Waals surface area contributed by atoms with Gasteiger partial charge in [-0.25, -0.2) is 4.98 Å². The van der Waals surface area contributed by atoms with Gasteiger partial charge in [0.2, 0.25) is 5.76 Å². The zero-order valence-electron chi connectivity index (χ0n) is 19.9. The van der Waals surface area contributed by atoms with Crippen LogP contribution in [0.1, 0.15) is 53.2 Å². The van der Waals surface area contributed by atoms with Crippen LogP contribution in [0.15, 0.2) is 69.9 Å². The van der Waals surface area contributed by atoms with E-state index in [0.29, 0.717) is 46.0 Å². The maximum Gasteiger partial charge on any atom is 0.296 e. The fourth-order valence-corrected chi connectivity index (χ4v) is 4.43. The molecule has 0 saturated heterocycles. The number of benzene rings is 2. The number of pyridine rings is 1. The SMILES string of the molecule is CCCCOc1ccc(C2c3c(oc4ccccc4c3=O)C(=O)N2c2cccc(C)n2)cc1OC. The third kappa shape index (κ3) is 3.93. The van der Waals surface area contributed by atoms with Gasteiger partial charge in [-0.2, -0.15) is 0 Å². The van der Waals surface area contributed by atoms with E-state index in [2.05, 4.69) is 11.9 Å². The molecule has 0 spiro atoms. The van der Waals surface area contributed by atoms with Crippen molar-refractivity contribution in [1.82, 2.24) is 4.98 Å². The highest BCUT2D eigenvalue weighted by Gasteiger charge is 2.44. The van der Waals surface area contributed by atoms with Crippen molar-refractivity contribution >= 4 is 22.7 Å². The standard InChI is InChI=1S/C28H26N2O5/c1-4-5-15-34-21-14-13-18(16-22(21)33-3)25-24-26(31)19-10-6-7-11-20(19)35-27(24)28(32)30(25)23-12-8-9-17(2)29-23/h6-14,16,25H,4-5,15H2,1-3H3. The maximum absolute atomic E-state index is 13.7. The Kier molecular flexibility index (Phi) is 5.99. The van der Waals surface area contributed by atoms with Gasteiger partial charge >= 0.3 is 0 Å². The van der Waals surface area contributed by atoms with Crippen LogP contribution in [0.4, 0.5) is 5.82 Å². The van der Waals surface area contributed by atoms with Crippen molar-refractivity contribution in [1.29, 1.82) is 0 Å². The third-order valence-electron chi connectivity index (χ3n) is 6.16. The van der Waals surface area contributed by atoms with Crippen molar-refractivity contribution in [3.63, 3.8) is 0 Å². The van der Waals surface area contributed by atoms with Crippen LogP contribution >= 0.6 is 0 Å². The molecular formula is C28H26N2O5. The molecule has 3 heterocycles. The molecule has 178 valence electrons. The van der Waals surface area contributed by atoms with Crippen LogP contribution in [0.5, 0.6) is 11.5 Å². The lowest BCUT2D eigenvalue weighted by Gasteiger charge is -2.25. The number of amides is 1. The lowest BCUT2D eigenvalue weighted by Crippen LogP contribution is -2.30. The molecule has 0 bridgehead atoms. The molecule has 5 rings (SSSR count). The Morgan fingerprint density at radius 1 is 1.03 bits per heavy atom. The first kappa shape index (κ1) is 22.7. The Morgan fingerprint density at radius 3 is 2.63 bits per heavy atom. The minimum atomic E-state index is -0.730. The minimum absolute atomic E-state index is 0.0317. The molecule has 0 radical (unpaired) electrons. The average Bonchev–Trinajstić information content (AvgIpc) is 3.17. The molecule has 2 aromatic heterocycles. The van der Waals surface area contributed by atoms with Crippen LogP contribution in [-0.4, -0.2) is 24.6 Å². The van der Waals surface area contributed by atoms with Gasteiger partial charge in [0.15, 0.2) is 16.9 Å². The third-order valence-corrected chi connectivity index (χ3v) is 6.16. The molecule has 35 heavy (non-hydrogen) atoms. The number of carbonyl (C=O) groups is 1. The first-order chi connectivity index (χ1) is 17.0. The lowest BCUT2D eigenvalue weighted by molar-refractivity contribution is 0.0970. The molecule has 0 N–H and O–H groups in total. The Labute approximate surface area is 202 Å². The summed E-state index contributed by atoms with van der Waals surface area (Å²) in [5, 5.41) is 0.426. The zero-order valence-corrected chi connectivity index (χ0v) is 19.9. The molecular weight excluding hydrogens is 444 g/mol. The monoisotopic (exact) mass is 470 g/mol. The van der Waals surface area contributed by atoms with Crippen LogP contribution in [-0.2, 0) is 0 Å². The molecule has 1 atom stereocenters. The molecule has 4 aromatic rings. The first-order valence-corrected chi connectivity index (χ1v) is 11.7. The number of hydrogen-bond donors (Lipinski definition) is 0. The summed E-state index contributed by atoms with van der Waals surface area (Å²) in [5.41, 5.74) is 1.88. The van der Waals surface area contributed by atoms with Crippen LogP contribution in [0.3, 0.4) is 0 Å². The van der Waals surface area contributed by atoms with E-state index in [0.717, 1.165) is 18.5 Å². The number of rotatable bonds is 7. The quantitative estimate of drug-likeness (QED) is 0.335. The van der Waals surface area contributed by atoms with Crippen LogP contribution in [0.25, 0.3) is 11.0 Å². The summed E-state index contributed by atoms with van der Waals surface area (Å²) in [6.07, 6.45) is 1.94. The summed E-state index contributed by atoms with van der Waals surface area (Å²) in [4.78, 5) is 33.5. The minimum Gasteiger partial charge on any atom is -0.493 e. The smallest absolute Gasteiger partial charge is 0.296 e. The van der Waals surface area contributed by atoms with E-state index in [1.807, 2.05) is 37.3 Å². The lowest BCUT2D eigenvalue weighted by atomic mass is 9.98. The Bertz CT molecular complexity index is 1480. The Balaban J connectivity index is 1.71. The van der Waals surface area contributed by atoms with Crippen molar-refractivity contribution < 1.29 is 18.7 Å². The number of hydrogen-bond acceptors (Lipinski definition) is 6. The molecule has 1 aliphatic rings. The highest BCUT2D eigenvalue weighted by atomic mass is 16.5. The second-order valence-electron chi connectivity index (χ2n) is 8.50. The number of ether oxygens (including phenoxy) is 2. The van der Waals surface area contributed by atoms with Crippen molar-refractivity contribution in [2.75, 3.05) is 18.6 Å². The highest BCUT2D eigenvalue weighted by molar-refractivity contribution is 6.10. The van der Waals surface area contributed by atoms with Gasteiger partial charge < -0.3 is 13.9 Å². The predicted molar refractivity (Wildman–Crippen MR) is 134 cm³/mol. The summed E-state index contributed by atoms with van der Waals surface area (Å²) in [7, 11) is 1.57. The van der Waals surface area contributed by atoms with Crippen molar-refractivity contribution in [2.24, 2.45) is 0 Å². The number of fused-ring (bicyclic) bond motifs is 2. The van der Waals surface area contributed by atoms with E-state index in [4.69, 9.17) is 13.9 Å². The summed E-state index contributed by atoms with van der Waals surface area (Å²) in [6.45, 7) is 4.53. The second kappa shape index (κ2) is 9.25. The number of aryl methyl sites for hydroxylation is 1. The fourth-order valence-electron chi connectivity index (χ4n) is 4.43. The summed E-state index contributed by atoms with van der Waals surface area (Å²) in [5.74, 6) is 1.20. The molecule has 0 fully saturated rings. The van der Waals surface area contributed by atoms with E-state index < -0.39 is 11.9 Å². The number of aromatic nitrogens is 1. The number of anilines is 1. The zero-order chi connectivity index (χ0) is 24.5. The van der Waals surface area contributed by atoms with E-state index in [1.165, 1.54) is 4.90 Å². The van der Waals surface area contributed by atoms with E-state index in [9.17, 15) is 9.59 Å². The van der Waals surface area contributed by atoms with Gasteiger partial charge in [-0.1, -0.05) is 37.6 Å². The number of methoxy groups -OCH3 is 1. The van der Waals surface area contributed by atoms with Crippen molar-refractivity contribution in [3.8, 4) is 11.5 Å². The van der Waals surface area contributed by atoms with Crippen LogP contribution in [0.2, 0.25) is 0 Å².